The van der Waals surface area contributed by atoms with Gasteiger partial charge >= 0.3 is 5.97 Å². The number of carbonyl (C=O) groups excluding carboxylic acids is 2. The number of nitrogens with one attached hydrogen (secondary N) is 2. The smallest absolute Gasteiger partial charge is 0.335 e. The van der Waals surface area contributed by atoms with Crippen molar-refractivity contribution in [1.29, 1.82) is 0 Å². The summed E-state index contributed by atoms with van der Waals surface area (Å²) in [5, 5.41) is 14.6. The molecule has 0 aliphatic heterocycles. The van der Waals surface area contributed by atoms with Gasteiger partial charge in [-0.25, -0.2) is 4.79 Å². The van der Waals surface area contributed by atoms with Crippen LogP contribution in [0, 0.1) is 0 Å². The van der Waals surface area contributed by atoms with Crippen LogP contribution in [0.15, 0.2) is 84.6 Å². The predicted octanol–water partition coefficient (Wildman–Crippen LogP) is 4.45. The normalized spacial score (nSPS) is 10.9. The minimum Gasteiger partial charge on any atom is -0.478 e. The van der Waals surface area contributed by atoms with Gasteiger partial charge in [-0.05, 0) is 42.0 Å². The van der Waals surface area contributed by atoms with E-state index in [1.807, 2.05) is 6.07 Å². The molecule has 0 aliphatic rings. The second kappa shape index (κ2) is 9.54. The van der Waals surface area contributed by atoms with Gasteiger partial charge < -0.3 is 15.7 Å². The van der Waals surface area contributed by atoms with Gasteiger partial charge in [0.2, 0.25) is 0 Å². The number of hydrogen-bond donors (Lipinski definition) is 3. The fourth-order valence-corrected chi connectivity index (χ4v) is 2.86. The number of rotatable bonds is 6. The molecule has 0 saturated heterocycles. The van der Waals surface area contributed by atoms with Crippen LogP contribution in [0.25, 0.3) is 6.08 Å². The Morgan fingerprint density at radius 3 is 2.27 bits per heavy atom. The Morgan fingerprint density at radius 2 is 1.57 bits per heavy atom. The minimum absolute atomic E-state index is 0.0214. The lowest BCUT2D eigenvalue weighted by molar-refractivity contribution is -0.113. The Hall–Kier alpha value is -3.90. The van der Waals surface area contributed by atoms with Crippen LogP contribution in [-0.4, -0.2) is 22.9 Å². The maximum Gasteiger partial charge on any atom is 0.335 e. The fraction of sp³-hybridized carbons (Fsp3) is 0. The number of carbonyl (C=O) groups is 3. The van der Waals surface area contributed by atoms with Crippen LogP contribution in [0.4, 0.5) is 5.69 Å². The first-order valence-corrected chi connectivity index (χ1v) is 9.29. The average Bonchev–Trinajstić information content (AvgIpc) is 2.74. The van der Waals surface area contributed by atoms with E-state index in [1.54, 1.807) is 54.6 Å². The van der Waals surface area contributed by atoms with Crippen LogP contribution in [0.5, 0.6) is 0 Å². The molecule has 0 bridgehead atoms. The summed E-state index contributed by atoms with van der Waals surface area (Å²) in [6.45, 7) is 0. The Morgan fingerprint density at radius 1 is 0.867 bits per heavy atom. The maximum atomic E-state index is 12.9. The molecule has 3 rings (SSSR count). The van der Waals surface area contributed by atoms with Crippen molar-refractivity contribution in [3.05, 3.63) is 106 Å². The molecule has 150 valence electrons. The summed E-state index contributed by atoms with van der Waals surface area (Å²) in [6.07, 6.45) is 1.52. The highest BCUT2D eigenvalue weighted by Crippen LogP contribution is 2.17. The van der Waals surface area contributed by atoms with E-state index in [0.717, 1.165) is 0 Å². The zero-order valence-corrected chi connectivity index (χ0v) is 16.4. The third kappa shape index (κ3) is 5.33. The molecule has 0 spiro atoms. The van der Waals surface area contributed by atoms with Crippen LogP contribution in [-0.2, 0) is 4.79 Å². The van der Waals surface area contributed by atoms with E-state index in [9.17, 15) is 14.4 Å². The average molecular weight is 421 g/mol. The second-order valence-corrected chi connectivity index (χ2v) is 6.65. The molecule has 3 N–H and O–H groups in total. The summed E-state index contributed by atoms with van der Waals surface area (Å²) in [5.41, 5.74) is 1.21. The number of halogens is 1. The lowest BCUT2D eigenvalue weighted by atomic mass is 10.1. The SMILES string of the molecule is O=C(Nc1cccc(C(=O)O)c1)C(=Cc1ccccc1)NC(=O)c1ccccc1Cl. The van der Waals surface area contributed by atoms with Crippen molar-refractivity contribution in [3.63, 3.8) is 0 Å². The zero-order valence-electron chi connectivity index (χ0n) is 15.6. The summed E-state index contributed by atoms with van der Waals surface area (Å²) in [7, 11) is 0. The molecule has 0 atom stereocenters. The number of carboxylic acid groups (broad SMARTS) is 1. The third-order valence-corrected chi connectivity index (χ3v) is 4.42. The van der Waals surface area contributed by atoms with Crippen LogP contribution < -0.4 is 10.6 Å². The van der Waals surface area contributed by atoms with Crippen LogP contribution in [0.1, 0.15) is 26.3 Å². The zero-order chi connectivity index (χ0) is 21.5. The van der Waals surface area contributed by atoms with Crippen molar-refractivity contribution < 1.29 is 19.5 Å². The molecule has 30 heavy (non-hydrogen) atoms. The van der Waals surface area contributed by atoms with E-state index in [2.05, 4.69) is 10.6 Å². The van der Waals surface area contributed by atoms with Gasteiger partial charge in [0.25, 0.3) is 11.8 Å². The summed E-state index contributed by atoms with van der Waals surface area (Å²) >= 11 is 6.08. The summed E-state index contributed by atoms with van der Waals surface area (Å²) < 4.78 is 0. The number of carboxylic acids is 1. The standard InChI is InChI=1S/C23H17ClN2O4/c24-19-12-5-4-11-18(19)21(27)26-20(13-15-7-2-1-3-8-15)22(28)25-17-10-6-9-16(14-17)23(29)30/h1-14H,(H,25,28)(H,26,27)(H,29,30). The topological polar surface area (TPSA) is 95.5 Å². The Kier molecular flexibility index (Phi) is 6.62. The summed E-state index contributed by atoms with van der Waals surface area (Å²) in [5.74, 6) is -2.27. The molecule has 0 fully saturated rings. The lowest BCUT2D eigenvalue weighted by Crippen LogP contribution is -2.31. The fourth-order valence-electron chi connectivity index (χ4n) is 2.64. The number of amides is 2. The minimum atomic E-state index is -1.11. The Labute approximate surface area is 177 Å². The largest absolute Gasteiger partial charge is 0.478 e. The highest BCUT2D eigenvalue weighted by atomic mass is 35.5. The molecule has 0 radical (unpaired) electrons. The molecular weight excluding hydrogens is 404 g/mol. The maximum absolute atomic E-state index is 12.9. The van der Waals surface area contributed by atoms with Gasteiger partial charge in [0.05, 0.1) is 16.1 Å². The summed E-state index contributed by atoms with van der Waals surface area (Å²) in [6, 6.07) is 21.3. The molecular formula is C23H17ClN2O4. The van der Waals surface area contributed by atoms with Crippen LogP contribution in [0.3, 0.4) is 0 Å². The summed E-state index contributed by atoms with van der Waals surface area (Å²) in [4.78, 5) is 36.7. The van der Waals surface area contributed by atoms with Gasteiger partial charge in [-0.1, -0.05) is 60.1 Å². The molecule has 7 heteroatoms. The molecule has 3 aromatic rings. The molecule has 0 unspecified atom stereocenters. The van der Waals surface area contributed by atoms with Crippen molar-refractivity contribution in [2.75, 3.05) is 5.32 Å². The van der Waals surface area contributed by atoms with E-state index >= 15 is 0 Å². The molecule has 6 nitrogen and oxygen atoms in total. The first kappa shape index (κ1) is 20.8. The Bertz CT molecular complexity index is 1130. The van der Waals surface area contributed by atoms with Gasteiger partial charge in [-0.3, -0.25) is 9.59 Å². The van der Waals surface area contributed by atoms with Gasteiger partial charge in [-0.15, -0.1) is 0 Å². The van der Waals surface area contributed by atoms with E-state index < -0.39 is 17.8 Å². The monoisotopic (exact) mass is 420 g/mol. The number of anilines is 1. The highest BCUT2D eigenvalue weighted by Gasteiger charge is 2.17. The third-order valence-electron chi connectivity index (χ3n) is 4.09. The van der Waals surface area contributed by atoms with E-state index in [4.69, 9.17) is 16.7 Å². The van der Waals surface area contributed by atoms with Gasteiger partial charge in [-0.2, -0.15) is 0 Å². The molecule has 3 aromatic carbocycles. The van der Waals surface area contributed by atoms with Crippen LogP contribution >= 0.6 is 11.6 Å². The van der Waals surface area contributed by atoms with E-state index in [-0.39, 0.29) is 27.5 Å². The Balaban J connectivity index is 1.89. The highest BCUT2D eigenvalue weighted by molar-refractivity contribution is 6.34. The van der Waals surface area contributed by atoms with Crippen molar-refractivity contribution in [3.8, 4) is 0 Å². The van der Waals surface area contributed by atoms with Crippen LogP contribution in [0.2, 0.25) is 5.02 Å². The first-order valence-electron chi connectivity index (χ1n) is 8.91. The molecule has 0 aromatic heterocycles. The van der Waals surface area contributed by atoms with Crippen molar-refractivity contribution >= 4 is 41.1 Å². The number of hydrogen-bond acceptors (Lipinski definition) is 3. The predicted molar refractivity (Wildman–Crippen MR) is 115 cm³/mol. The lowest BCUT2D eigenvalue weighted by Gasteiger charge is -2.12. The van der Waals surface area contributed by atoms with Crippen molar-refractivity contribution in [1.82, 2.24) is 5.32 Å². The van der Waals surface area contributed by atoms with Gasteiger partial charge in [0.1, 0.15) is 5.70 Å². The molecule has 0 heterocycles. The molecule has 2 amide bonds. The molecule has 0 aliphatic carbocycles. The van der Waals surface area contributed by atoms with Crippen molar-refractivity contribution in [2.45, 2.75) is 0 Å². The number of aromatic carboxylic acids is 1. The van der Waals surface area contributed by atoms with Gasteiger partial charge in [0, 0.05) is 5.69 Å². The van der Waals surface area contributed by atoms with E-state index in [1.165, 1.54) is 24.3 Å². The quantitative estimate of drug-likeness (QED) is 0.513. The van der Waals surface area contributed by atoms with Crippen molar-refractivity contribution in [2.24, 2.45) is 0 Å². The van der Waals surface area contributed by atoms with Gasteiger partial charge in [0.15, 0.2) is 0 Å². The first-order chi connectivity index (χ1) is 14.4. The molecule has 0 saturated carbocycles. The second-order valence-electron chi connectivity index (χ2n) is 6.24. The number of benzene rings is 3. The van der Waals surface area contributed by atoms with E-state index in [0.29, 0.717) is 5.56 Å².